The van der Waals surface area contributed by atoms with Gasteiger partial charge in [0.25, 0.3) is 12.3 Å². The lowest BCUT2D eigenvalue weighted by atomic mass is 10.1. The van der Waals surface area contributed by atoms with Crippen molar-refractivity contribution in [3.63, 3.8) is 0 Å². The van der Waals surface area contributed by atoms with E-state index in [2.05, 4.69) is 15.4 Å². The maximum absolute atomic E-state index is 13.7. The Hall–Kier alpha value is -3.07. The van der Waals surface area contributed by atoms with Crippen molar-refractivity contribution in [2.24, 2.45) is 0 Å². The number of hydrogen-bond acceptors (Lipinski definition) is 5. The maximum Gasteiger partial charge on any atom is 0.280 e. The Balaban J connectivity index is 1.72. The van der Waals surface area contributed by atoms with E-state index >= 15 is 0 Å². The van der Waals surface area contributed by atoms with Crippen molar-refractivity contribution >= 4 is 11.6 Å². The topological polar surface area (TPSA) is 77.8 Å². The molecule has 1 amide bonds. The van der Waals surface area contributed by atoms with Gasteiger partial charge in [-0.1, -0.05) is 0 Å². The number of amides is 1. The maximum atomic E-state index is 13.7. The molecule has 3 heterocycles. The van der Waals surface area contributed by atoms with Crippen LogP contribution in [-0.2, 0) is 4.74 Å². The predicted octanol–water partition coefficient (Wildman–Crippen LogP) is 3.64. The van der Waals surface area contributed by atoms with Crippen LogP contribution in [0.1, 0.15) is 42.2 Å². The van der Waals surface area contributed by atoms with Gasteiger partial charge in [-0.15, -0.1) is 0 Å². The fourth-order valence-corrected chi connectivity index (χ4v) is 3.59. The number of nitrogens with zero attached hydrogens (tertiary/aromatic N) is 3. The number of methoxy groups -OCH3 is 1. The van der Waals surface area contributed by atoms with Crippen LogP contribution in [0, 0.1) is 0 Å². The van der Waals surface area contributed by atoms with Crippen LogP contribution in [0.4, 0.5) is 8.78 Å². The van der Waals surface area contributed by atoms with Gasteiger partial charge in [0.2, 0.25) is 0 Å². The van der Waals surface area contributed by atoms with Crippen LogP contribution >= 0.6 is 0 Å². The second-order valence-electron chi connectivity index (χ2n) is 7.20. The van der Waals surface area contributed by atoms with Gasteiger partial charge < -0.3 is 14.8 Å². The molecule has 3 aromatic rings. The molecule has 0 radical (unpaired) electrons. The van der Waals surface area contributed by atoms with E-state index in [4.69, 9.17) is 9.47 Å². The third-order valence-corrected chi connectivity index (χ3v) is 5.23. The predicted molar refractivity (Wildman–Crippen MR) is 106 cm³/mol. The molecule has 2 atom stereocenters. The zero-order valence-corrected chi connectivity index (χ0v) is 16.6. The van der Waals surface area contributed by atoms with E-state index < -0.39 is 12.3 Å². The Morgan fingerprint density at radius 2 is 2.10 bits per heavy atom. The molecule has 2 aromatic heterocycles. The van der Waals surface area contributed by atoms with Crippen LogP contribution in [0.2, 0.25) is 0 Å². The average Bonchev–Trinajstić information content (AvgIpc) is 3.43. The summed E-state index contributed by atoms with van der Waals surface area (Å²) in [7, 11) is 1.54. The van der Waals surface area contributed by atoms with E-state index in [0.29, 0.717) is 23.6 Å². The summed E-state index contributed by atoms with van der Waals surface area (Å²) >= 11 is 0. The van der Waals surface area contributed by atoms with Crippen molar-refractivity contribution < 1.29 is 23.0 Å². The number of rotatable bonds is 6. The average molecular weight is 416 g/mol. The summed E-state index contributed by atoms with van der Waals surface area (Å²) in [5.41, 5.74) is 0.826. The van der Waals surface area contributed by atoms with Gasteiger partial charge in [0.05, 0.1) is 31.1 Å². The largest absolute Gasteiger partial charge is 0.497 e. The molecule has 0 aliphatic carbocycles. The number of halogens is 2. The van der Waals surface area contributed by atoms with Crippen LogP contribution in [0.5, 0.6) is 5.75 Å². The van der Waals surface area contributed by atoms with Gasteiger partial charge in [0.1, 0.15) is 17.0 Å². The minimum Gasteiger partial charge on any atom is -0.497 e. The fourth-order valence-electron chi connectivity index (χ4n) is 3.59. The van der Waals surface area contributed by atoms with Crippen LogP contribution in [0.25, 0.3) is 16.9 Å². The minimum atomic E-state index is -2.78. The highest BCUT2D eigenvalue weighted by Crippen LogP contribution is 2.28. The molecule has 7 nitrogen and oxygen atoms in total. The van der Waals surface area contributed by atoms with Gasteiger partial charge in [-0.3, -0.25) is 4.79 Å². The molecule has 4 rings (SSSR count). The number of aromatic nitrogens is 3. The molecule has 0 unspecified atom stereocenters. The molecule has 1 N–H and O–H groups in total. The minimum absolute atomic E-state index is 0.0600. The van der Waals surface area contributed by atoms with Crippen LogP contribution < -0.4 is 10.1 Å². The highest BCUT2D eigenvalue weighted by Gasteiger charge is 2.26. The molecule has 30 heavy (non-hydrogen) atoms. The number of ether oxygens (including phenoxy) is 2. The van der Waals surface area contributed by atoms with Crippen LogP contribution in [-0.4, -0.2) is 46.4 Å². The molecule has 1 aliphatic heterocycles. The second-order valence-corrected chi connectivity index (χ2v) is 7.20. The summed E-state index contributed by atoms with van der Waals surface area (Å²) in [4.78, 5) is 17.3. The third-order valence-electron chi connectivity index (χ3n) is 5.23. The Labute approximate surface area is 172 Å². The lowest BCUT2D eigenvalue weighted by Crippen LogP contribution is -2.40. The first-order valence-electron chi connectivity index (χ1n) is 9.71. The molecule has 1 aliphatic rings. The normalized spacial score (nSPS) is 17.4. The quantitative estimate of drug-likeness (QED) is 0.664. The molecule has 0 spiro atoms. The number of nitrogens with one attached hydrogen (secondary N) is 1. The lowest BCUT2D eigenvalue weighted by Gasteiger charge is -2.19. The van der Waals surface area contributed by atoms with Gasteiger partial charge in [0, 0.05) is 12.2 Å². The van der Waals surface area contributed by atoms with E-state index in [1.807, 2.05) is 6.92 Å². The van der Waals surface area contributed by atoms with Gasteiger partial charge >= 0.3 is 0 Å². The number of alkyl halides is 2. The number of carbonyl (C=O) groups is 1. The van der Waals surface area contributed by atoms with Crippen molar-refractivity contribution in [1.29, 1.82) is 0 Å². The zero-order chi connectivity index (χ0) is 21.3. The molecule has 1 fully saturated rings. The van der Waals surface area contributed by atoms with E-state index in [9.17, 15) is 13.6 Å². The third kappa shape index (κ3) is 3.85. The first-order chi connectivity index (χ1) is 14.5. The number of carbonyl (C=O) groups excluding carboxylic acids is 1. The van der Waals surface area contributed by atoms with E-state index in [1.54, 1.807) is 31.4 Å². The summed E-state index contributed by atoms with van der Waals surface area (Å²) in [5.74, 6) is 0.217. The first-order valence-corrected chi connectivity index (χ1v) is 9.71. The smallest absolute Gasteiger partial charge is 0.280 e. The monoisotopic (exact) mass is 416 g/mol. The van der Waals surface area contributed by atoms with Crippen molar-refractivity contribution in [2.45, 2.75) is 38.3 Å². The highest BCUT2D eigenvalue weighted by atomic mass is 19.3. The Morgan fingerprint density at radius 3 is 2.73 bits per heavy atom. The number of fused-ring (bicyclic) bond motifs is 1. The summed E-state index contributed by atoms with van der Waals surface area (Å²) in [5, 5.41) is 6.87. The lowest BCUT2D eigenvalue weighted by molar-refractivity contribution is 0.0713. The van der Waals surface area contributed by atoms with Crippen molar-refractivity contribution in [1.82, 2.24) is 19.9 Å². The summed E-state index contributed by atoms with van der Waals surface area (Å²) in [6.07, 6.45) is 0.241. The first kappa shape index (κ1) is 20.2. The molecule has 1 aromatic carbocycles. The molecule has 158 valence electrons. The second kappa shape index (κ2) is 8.35. The number of benzene rings is 1. The van der Waals surface area contributed by atoms with Gasteiger partial charge in [-0.25, -0.2) is 18.3 Å². The molecular formula is C21H22F2N4O3. The Bertz CT molecular complexity index is 1050. The number of hydrogen-bond donors (Lipinski definition) is 1. The SMILES string of the molecule is COc1ccc(-c2cc(C(F)F)n3ncc(C(=O)N[C@@H](C)[C@@H]4CCCO4)c3n2)cc1. The van der Waals surface area contributed by atoms with Crippen LogP contribution in [0.3, 0.4) is 0 Å². The Kier molecular flexibility index (Phi) is 5.63. The van der Waals surface area contributed by atoms with E-state index in [1.165, 1.54) is 12.3 Å². The van der Waals surface area contributed by atoms with Crippen molar-refractivity contribution in [3.05, 3.63) is 47.8 Å². The van der Waals surface area contributed by atoms with Gasteiger partial charge in [0.15, 0.2) is 5.65 Å². The zero-order valence-electron chi connectivity index (χ0n) is 16.6. The fraction of sp³-hybridized carbons (Fsp3) is 0.381. The van der Waals surface area contributed by atoms with Gasteiger partial charge in [-0.2, -0.15) is 5.10 Å². The standard InChI is InChI=1S/C21H22F2N4O3/c1-12(18-4-3-9-30-18)25-21(28)15-11-24-27-17(19(22)23)10-16(26-20(15)27)13-5-7-14(29-2)8-6-13/h5-8,10-12,18-19H,3-4,9H2,1-2H3,(H,25,28)/t12-,18-/m0/s1. The molecule has 0 saturated carbocycles. The van der Waals surface area contributed by atoms with Gasteiger partial charge in [-0.05, 0) is 50.1 Å². The van der Waals surface area contributed by atoms with E-state index in [0.717, 1.165) is 17.4 Å². The summed E-state index contributed by atoms with van der Waals surface area (Å²) < 4.78 is 39.2. The molecule has 9 heteroatoms. The summed E-state index contributed by atoms with van der Waals surface area (Å²) in [6.45, 7) is 2.53. The highest BCUT2D eigenvalue weighted by molar-refractivity contribution is 6.00. The molecule has 0 bridgehead atoms. The van der Waals surface area contributed by atoms with Crippen molar-refractivity contribution in [3.8, 4) is 17.0 Å². The Morgan fingerprint density at radius 1 is 1.33 bits per heavy atom. The summed E-state index contributed by atoms with van der Waals surface area (Å²) in [6, 6.07) is 7.95. The van der Waals surface area contributed by atoms with Crippen LogP contribution in [0.15, 0.2) is 36.5 Å². The molecular weight excluding hydrogens is 394 g/mol. The van der Waals surface area contributed by atoms with Crippen molar-refractivity contribution in [2.75, 3.05) is 13.7 Å². The molecule has 1 saturated heterocycles. The van der Waals surface area contributed by atoms with E-state index in [-0.39, 0.29) is 29.1 Å².